The number of rotatable bonds is 4. The largest absolute Gasteiger partial charge is 0.497 e. The number of carbonyl (C=O) groups is 1. The summed E-state index contributed by atoms with van der Waals surface area (Å²) in [7, 11) is 1.66. The molecule has 5 nitrogen and oxygen atoms in total. The molecule has 27 heavy (non-hydrogen) atoms. The number of benzene rings is 1. The number of halogens is 1. The highest BCUT2D eigenvalue weighted by molar-refractivity contribution is 6.01. The predicted octanol–water partition coefficient (Wildman–Crippen LogP) is 3.28. The first kappa shape index (κ1) is 21.7. The maximum Gasteiger partial charge on any atom is 0.241 e. The predicted molar refractivity (Wildman–Crippen MR) is 114 cm³/mol. The van der Waals surface area contributed by atoms with E-state index in [0.717, 1.165) is 49.7 Å². The van der Waals surface area contributed by atoms with Gasteiger partial charge in [0, 0.05) is 37.8 Å². The fraction of sp³-hybridized carbons (Fsp3) is 0.571. The van der Waals surface area contributed by atoms with Crippen molar-refractivity contribution in [2.45, 2.75) is 33.2 Å². The number of likely N-dealkylation sites (N-methyl/N-ethyl adjacent to an activating group) is 1. The Balaban J connectivity index is 0.00000261. The van der Waals surface area contributed by atoms with Crippen molar-refractivity contribution in [3.63, 3.8) is 0 Å². The van der Waals surface area contributed by atoms with Gasteiger partial charge in [-0.2, -0.15) is 0 Å². The fourth-order valence-corrected chi connectivity index (χ4v) is 4.12. The number of allylic oxidation sites excluding steroid dienone is 1. The van der Waals surface area contributed by atoms with Gasteiger partial charge in [0.1, 0.15) is 5.75 Å². The number of hydrogen-bond donors (Lipinski definition) is 0. The van der Waals surface area contributed by atoms with Crippen LogP contribution in [-0.2, 0) is 4.79 Å². The quantitative estimate of drug-likeness (QED) is 0.786. The summed E-state index contributed by atoms with van der Waals surface area (Å²) in [6.45, 7) is 14.0. The molecule has 0 aliphatic carbocycles. The molecule has 0 bridgehead atoms. The third kappa shape index (κ3) is 4.48. The monoisotopic (exact) mass is 393 g/mol. The van der Waals surface area contributed by atoms with E-state index in [-0.39, 0.29) is 23.9 Å². The second kappa shape index (κ2) is 8.63. The number of hydrogen-bond acceptors (Lipinski definition) is 4. The smallest absolute Gasteiger partial charge is 0.241 e. The van der Waals surface area contributed by atoms with Crippen LogP contribution in [0.5, 0.6) is 5.75 Å². The maximum absolute atomic E-state index is 13.3. The summed E-state index contributed by atoms with van der Waals surface area (Å²) in [5, 5.41) is 0. The van der Waals surface area contributed by atoms with Crippen LogP contribution in [0.2, 0.25) is 0 Å². The number of nitrogens with zero attached hydrogens (tertiary/aromatic N) is 3. The van der Waals surface area contributed by atoms with Crippen LogP contribution in [0.1, 0.15) is 33.3 Å². The second-order valence-corrected chi connectivity index (χ2v) is 7.80. The van der Waals surface area contributed by atoms with E-state index in [1.807, 2.05) is 17.0 Å². The molecule has 0 spiro atoms. The van der Waals surface area contributed by atoms with Crippen LogP contribution in [-0.4, -0.2) is 67.6 Å². The number of piperazine rings is 1. The molecule has 1 saturated heterocycles. The summed E-state index contributed by atoms with van der Waals surface area (Å²) in [6.07, 6.45) is 2.19. The molecular weight excluding hydrogens is 362 g/mol. The zero-order valence-electron chi connectivity index (χ0n) is 17.1. The summed E-state index contributed by atoms with van der Waals surface area (Å²) < 4.78 is 5.41. The molecule has 150 valence electrons. The highest BCUT2D eigenvalue weighted by atomic mass is 35.5. The summed E-state index contributed by atoms with van der Waals surface area (Å²) in [5.74, 6) is 0.932. The van der Waals surface area contributed by atoms with Crippen LogP contribution >= 0.6 is 12.4 Å². The molecule has 0 atom stereocenters. The van der Waals surface area contributed by atoms with Gasteiger partial charge in [-0.1, -0.05) is 13.0 Å². The molecular formula is C21H32ClN3O2. The van der Waals surface area contributed by atoms with Crippen molar-refractivity contribution in [2.75, 3.05) is 51.3 Å². The number of anilines is 1. The van der Waals surface area contributed by atoms with Crippen molar-refractivity contribution in [1.82, 2.24) is 9.80 Å². The van der Waals surface area contributed by atoms with E-state index >= 15 is 0 Å². The molecule has 1 fully saturated rings. The molecule has 1 aromatic rings. The third-order valence-electron chi connectivity index (χ3n) is 5.54. The topological polar surface area (TPSA) is 36.0 Å². The van der Waals surface area contributed by atoms with Crippen molar-refractivity contribution in [3.05, 3.63) is 29.8 Å². The van der Waals surface area contributed by atoms with E-state index in [4.69, 9.17) is 4.74 Å². The van der Waals surface area contributed by atoms with Gasteiger partial charge >= 0.3 is 0 Å². The zero-order chi connectivity index (χ0) is 18.9. The Labute approximate surface area is 169 Å². The van der Waals surface area contributed by atoms with Crippen molar-refractivity contribution in [3.8, 4) is 5.75 Å². The molecule has 0 unspecified atom stereocenters. The molecule has 3 rings (SSSR count). The van der Waals surface area contributed by atoms with E-state index in [0.29, 0.717) is 6.54 Å². The SMILES string of the molecule is CCN1CCN(CC(=O)N2c3cc(OC)ccc3C(C)=CC2(C)C)CC1.Cl. The van der Waals surface area contributed by atoms with Crippen molar-refractivity contribution in [1.29, 1.82) is 0 Å². The lowest BCUT2D eigenvalue weighted by Gasteiger charge is -2.43. The van der Waals surface area contributed by atoms with Crippen LogP contribution in [0.4, 0.5) is 5.69 Å². The van der Waals surface area contributed by atoms with Gasteiger partial charge in [-0.3, -0.25) is 9.69 Å². The fourth-order valence-electron chi connectivity index (χ4n) is 4.12. The highest BCUT2D eigenvalue weighted by Gasteiger charge is 2.36. The Morgan fingerprint density at radius 2 is 1.78 bits per heavy atom. The molecule has 1 amide bonds. The first-order chi connectivity index (χ1) is 12.4. The van der Waals surface area contributed by atoms with E-state index in [1.165, 1.54) is 5.57 Å². The summed E-state index contributed by atoms with van der Waals surface area (Å²) in [4.78, 5) is 20.0. The first-order valence-corrected chi connectivity index (χ1v) is 9.51. The Morgan fingerprint density at radius 3 is 2.37 bits per heavy atom. The van der Waals surface area contributed by atoms with E-state index < -0.39 is 0 Å². The molecule has 2 heterocycles. The molecule has 2 aliphatic heterocycles. The minimum atomic E-state index is -0.355. The van der Waals surface area contributed by atoms with Crippen molar-refractivity contribution >= 4 is 29.6 Å². The first-order valence-electron chi connectivity index (χ1n) is 9.51. The van der Waals surface area contributed by atoms with Crippen molar-refractivity contribution in [2.24, 2.45) is 0 Å². The number of amides is 1. The average molecular weight is 394 g/mol. The minimum absolute atomic E-state index is 0. The number of carbonyl (C=O) groups excluding carboxylic acids is 1. The number of ether oxygens (including phenoxy) is 1. The van der Waals surface area contributed by atoms with Gasteiger partial charge < -0.3 is 14.5 Å². The zero-order valence-corrected chi connectivity index (χ0v) is 17.9. The minimum Gasteiger partial charge on any atom is -0.497 e. The lowest BCUT2D eigenvalue weighted by Crippen LogP contribution is -2.55. The van der Waals surface area contributed by atoms with Gasteiger partial charge in [-0.25, -0.2) is 0 Å². The normalized spacial score (nSPS) is 19.7. The van der Waals surface area contributed by atoms with Gasteiger partial charge in [0.25, 0.3) is 0 Å². The van der Waals surface area contributed by atoms with Crippen LogP contribution in [0.3, 0.4) is 0 Å². The Morgan fingerprint density at radius 1 is 1.15 bits per heavy atom. The Kier molecular flexibility index (Phi) is 6.95. The summed E-state index contributed by atoms with van der Waals surface area (Å²) >= 11 is 0. The summed E-state index contributed by atoms with van der Waals surface area (Å²) in [5.41, 5.74) is 2.90. The lowest BCUT2D eigenvalue weighted by atomic mass is 9.88. The van der Waals surface area contributed by atoms with Crippen molar-refractivity contribution < 1.29 is 9.53 Å². The van der Waals surface area contributed by atoms with Gasteiger partial charge in [0.2, 0.25) is 5.91 Å². The molecule has 1 aromatic carbocycles. The second-order valence-electron chi connectivity index (χ2n) is 7.80. The van der Waals surface area contributed by atoms with Gasteiger partial charge in [0.05, 0.1) is 24.9 Å². The summed E-state index contributed by atoms with van der Waals surface area (Å²) in [6, 6.07) is 6.00. The molecule has 6 heteroatoms. The molecule has 0 radical (unpaired) electrons. The van der Waals surface area contributed by atoms with E-state index in [1.54, 1.807) is 7.11 Å². The average Bonchev–Trinajstić information content (AvgIpc) is 2.61. The molecule has 0 aromatic heterocycles. The van der Waals surface area contributed by atoms with Crippen LogP contribution in [0.15, 0.2) is 24.3 Å². The molecule has 0 N–H and O–H groups in total. The Hall–Kier alpha value is -1.56. The van der Waals surface area contributed by atoms with E-state index in [2.05, 4.69) is 49.6 Å². The van der Waals surface area contributed by atoms with Crippen LogP contribution < -0.4 is 9.64 Å². The molecule has 0 saturated carbocycles. The maximum atomic E-state index is 13.3. The third-order valence-corrected chi connectivity index (χ3v) is 5.54. The Bertz CT molecular complexity index is 709. The number of methoxy groups -OCH3 is 1. The highest BCUT2D eigenvalue weighted by Crippen LogP contribution is 2.40. The van der Waals surface area contributed by atoms with E-state index in [9.17, 15) is 4.79 Å². The van der Waals surface area contributed by atoms with Gasteiger partial charge in [0.15, 0.2) is 0 Å². The van der Waals surface area contributed by atoms with Gasteiger partial charge in [-0.05, 0) is 45.0 Å². The van der Waals surface area contributed by atoms with Gasteiger partial charge in [-0.15, -0.1) is 12.4 Å². The van der Waals surface area contributed by atoms with Crippen LogP contribution in [0.25, 0.3) is 5.57 Å². The standard InChI is InChI=1S/C21H31N3O2.ClH/c1-6-22-9-11-23(12-10-22)15-20(25)24-19-13-17(26-5)7-8-18(19)16(2)14-21(24,3)4;/h7-8,13-14H,6,9-12,15H2,1-5H3;1H. The number of fused-ring (bicyclic) bond motifs is 1. The molecule has 2 aliphatic rings. The van der Waals surface area contributed by atoms with Crippen LogP contribution in [0, 0.1) is 0 Å². The lowest BCUT2D eigenvalue weighted by molar-refractivity contribution is -0.121.